The van der Waals surface area contributed by atoms with E-state index in [4.69, 9.17) is 10.8 Å². The summed E-state index contributed by atoms with van der Waals surface area (Å²) < 4.78 is 0. The van der Waals surface area contributed by atoms with E-state index >= 15 is 0 Å². The molecule has 4 N–H and O–H groups in total. The Morgan fingerprint density at radius 3 is 2.20 bits per heavy atom. The second-order valence-electron chi connectivity index (χ2n) is 5.16. The molecule has 0 saturated heterocycles. The largest absolute Gasteiger partial charge is 0.481 e. The van der Waals surface area contributed by atoms with Gasteiger partial charge < -0.3 is 21.1 Å². The minimum Gasteiger partial charge on any atom is -0.481 e. The van der Waals surface area contributed by atoms with Crippen LogP contribution in [0.5, 0.6) is 0 Å². The number of hydrogen-bond acceptors (Lipinski definition) is 4. The molecular weight excluding hydrogens is 262 g/mol. The molecule has 0 aliphatic heterocycles. The molecule has 0 spiro atoms. The van der Waals surface area contributed by atoms with Crippen molar-refractivity contribution in [1.82, 2.24) is 10.2 Å². The van der Waals surface area contributed by atoms with Gasteiger partial charge in [-0.3, -0.25) is 14.4 Å². The average Bonchev–Trinajstić information content (AvgIpc) is 2.39. The van der Waals surface area contributed by atoms with Gasteiger partial charge in [-0.2, -0.15) is 0 Å². The van der Waals surface area contributed by atoms with Gasteiger partial charge in [-0.25, -0.2) is 0 Å². The van der Waals surface area contributed by atoms with Gasteiger partial charge in [0, 0.05) is 13.1 Å². The monoisotopic (exact) mass is 287 g/mol. The van der Waals surface area contributed by atoms with Gasteiger partial charge in [-0.1, -0.05) is 20.8 Å². The fourth-order valence-corrected chi connectivity index (χ4v) is 1.51. The molecule has 20 heavy (non-hydrogen) atoms. The highest BCUT2D eigenvalue weighted by Gasteiger charge is 2.21. The maximum atomic E-state index is 11.9. The average molecular weight is 287 g/mol. The van der Waals surface area contributed by atoms with Crippen LogP contribution in [0.3, 0.4) is 0 Å². The summed E-state index contributed by atoms with van der Waals surface area (Å²) in [5.41, 5.74) is 5.66. The maximum absolute atomic E-state index is 11.9. The van der Waals surface area contributed by atoms with Gasteiger partial charge in [0.15, 0.2) is 0 Å². The van der Waals surface area contributed by atoms with E-state index in [0.29, 0.717) is 6.54 Å². The van der Waals surface area contributed by atoms with Crippen LogP contribution >= 0.6 is 0 Å². The lowest BCUT2D eigenvalue weighted by Gasteiger charge is -2.23. The van der Waals surface area contributed by atoms with E-state index in [1.807, 2.05) is 13.8 Å². The first-order chi connectivity index (χ1) is 9.20. The molecule has 0 bridgehead atoms. The standard InChI is InChI=1S/C13H25N3O4/c1-5-16(7-9(4)13(19)20)10(17)6-15-12(18)11(14)8(2)3/h8-9,11H,5-7,14H2,1-4H3,(H,15,18)(H,19,20)/t9?,11-/m0/s1. The SMILES string of the molecule is CCN(CC(C)C(=O)O)C(=O)CNC(=O)[C@@H](N)C(C)C. The first kappa shape index (κ1) is 18.4. The molecule has 7 heteroatoms. The van der Waals surface area contributed by atoms with Gasteiger partial charge in [0.25, 0.3) is 0 Å². The smallest absolute Gasteiger partial charge is 0.308 e. The first-order valence-corrected chi connectivity index (χ1v) is 6.74. The second kappa shape index (κ2) is 8.52. The summed E-state index contributed by atoms with van der Waals surface area (Å²) in [6.45, 7) is 7.27. The number of amides is 2. The highest BCUT2D eigenvalue weighted by atomic mass is 16.4. The predicted molar refractivity (Wildman–Crippen MR) is 74.9 cm³/mol. The van der Waals surface area contributed by atoms with Crippen molar-refractivity contribution in [1.29, 1.82) is 0 Å². The minimum atomic E-state index is -0.956. The lowest BCUT2D eigenvalue weighted by molar-refractivity contribution is -0.143. The molecule has 0 aromatic carbocycles. The zero-order valence-corrected chi connectivity index (χ0v) is 12.5. The summed E-state index contributed by atoms with van der Waals surface area (Å²) in [6, 6.07) is -0.657. The zero-order valence-electron chi connectivity index (χ0n) is 12.5. The van der Waals surface area contributed by atoms with Gasteiger partial charge in [0.1, 0.15) is 0 Å². The van der Waals surface area contributed by atoms with Crippen LogP contribution in [0.4, 0.5) is 0 Å². The Morgan fingerprint density at radius 2 is 1.80 bits per heavy atom. The molecule has 1 unspecified atom stereocenters. The van der Waals surface area contributed by atoms with Crippen LogP contribution in [0.25, 0.3) is 0 Å². The summed E-state index contributed by atoms with van der Waals surface area (Å²) >= 11 is 0. The number of nitrogens with one attached hydrogen (secondary N) is 1. The summed E-state index contributed by atoms with van der Waals surface area (Å²) in [7, 11) is 0. The van der Waals surface area contributed by atoms with E-state index < -0.39 is 17.9 Å². The van der Waals surface area contributed by atoms with Crippen LogP contribution in [0.2, 0.25) is 0 Å². The number of aliphatic carboxylic acids is 1. The number of rotatable bonds is 8. The lowest BCUT2D eigenvalue weighted by atomic mass is 10.1. The molecule has 0 heterocycles. The van der Waals surface area contributed by atoms with Crippen molar-refractivity contribution in [2.24, 2.45) is 17.6 Å². The Bertz CT molecular complexity index is 358. The van der Waals surface area contributed by atoms with Crippen LogP contribution in [-0.4, -0.2) is 53.5 Å². The fraction of sp³-hybridized carbons (Fsp3) is 0.769. The Hall–Kier alpha value is -1.63. The maximum Gasteiger partial charge on any atom is 0.308 e. The number of hydrogen-bond donors (Lipinski definition) is 3. The van der Waals surface area contributed by atoms with Crippen LogP contribution in [0, 0.1) is 11.8 Å². The van der Waals surface area contributed by atoms with E-state index in [9.17, 15) is 14.4 Å². The van der Waals surface area contributed by atoms with Gasteiger partial charge in [-0.05, 0) is 12.8 Å². The number of carboxylic acids is 1. The normalized spacial score (nSPS) is 13.7. The van der Waals surface area contributed by atoms with Crippen molar-refractivity contribution in [3.63, 3.8) is 0 Å². The molecule has 7 nitrogen and oxygen atoms in total. The van der Waals surface area contributed by atoms with Crippen molar-refractivity contribution >= 4 is 17.8 Å². The summed E-state index contributed by atoms with van der Waals surface area (Å²) in [4.78, 5) is 35.7. The van der Waals surface area contributed by atoms with Gasteiger partial charge in [0.05, 0.1) is 18.5 Å². The second-order valence-corrected chi connectivity index (χ2v) is 5.16. The van der Waals surface area contributed by atoms with Gasteiger partial charge in [0.2, 0.25) is 11.8 Å². The van der Waals surface area contributed by atoms with Crippen LogP contribution in [-0.2, 0) is 14.4 Å². The highest BCUT2D eigenvalue weighted by Crippen LogP contribution is 2.01. The van der Waals surface area contributed by atoms with E-state index in [0.717, 1.165) is 0 Å². The van der Waals surface area contributed by atoms with Gasteiger partial charge >= 0.3 is 5.97 Å². The molecule has 0 saturated carbocycles. The lowest BCUT2D eigenvalue weighted by Crippen LogP contribution is -2.48. The van der Waals surface area contributed by atoms with Gasteiger partial charge in [-0.15, -0.1) is 0 Å². The zero-order chi connectivity index (χ0) is 15.9. The number of nitrogens with two attached hydrogens (primary N) is 1. The predicted octanol–water partition coefficient (Wildman–Crippen LogP) is -0.345. The molecule has 0 aromatic heterocycles. The minimum absolute atomic E-state index is 0.0144. The Balaban J connectivity index is 4.36. The summed E-state index contributed by atoms with van der Waals surface area (Å²) in [5, 5.41) is 11.3. The van der Waals surface area contributed by atoms with E-state index in [1.54, 1.807) is 6.92 Å². The Kier molecular flexibility index (Phi) is 7.83. The van der Waals surface area contributed by atoms with Crippen molar-refractivity contribution in [3.8, 4) is 0 Å². The molecule has 0 rings (SSSR count). The van der Waals surface area contributed by atoms with Crippen LogP contribution in [0.1, 0.15) is 27.7 Å². The number of carbonyl (C=O) groups excluding carboxylic acids is 2. The summed E-state index contributed by atoms with van der Waals surface area (Å²) in [6.07, 6.45) is 0. The molecule has 2 amide bonds. The fourth-order valence-electron chi connectivity index (χ4n) is 1.51. The first-order valence-electron chi connectivity index (χ1n) is 6.74. The van der Waals surface area contributed by atoms with E-state index in [2.05, 4.69) is 5.32 Å². The third-order valence-corrected chi connectivity index (χ3v) is 3.09. The Labute approximate surface area is 119 Å². The molecule has 0 aromatic rings. The number of likely N-dealkylation sites (N-methyl/N-ethyl adjacent to an activating group) is 1. The molecule has 0 fully saturated rings. The molecule has 116 valence electrons. The van der Waals surface area contributed by atoms with Crippen molar-refractivity contribution in [3.05, 3.63) is 0 Å². The van der Waals surface area contributed by atoms with Crippen LogP contribution < -0.4 is 11.1 Å². The van der Waals surface area contributed by atoms with E-state index in [1.165, 1.54) is 11.8 Å². The molecule has 2 atom stereocenters. The third-order valence-electron chi connectivity index (χ3n) is 3.09. The molecular formula is C13H25N3O4. The molecule has 0 radical (unpaired) electrons. The summed E-state index contributed by atoms with van der Waals surface area (Å²) in [5.74, 6) is -2.31. The number of carboxylic acid groups (broad SMARTS) is 1. The third kappa shape index (κ3) is 6.01. The van der Waals surface area contributed by atoms with Crippen molar-refractivity contribution in [2.45, 2.75) is 33.7 Å². The Morgan fingerprint density at radius 1 is 1.25 bits per heavy atom. The topological polar surface area (TPSA) is 113 Å². The van der Waals surface area contributed by atoms with Crippen molar-refractivity contribution in [2.75, 3.05) is 19.6 Å². The number of nitrogens with zero attached hydrogens (tertiary/aromatic N) is 1. The highest BCUT2D eigenvalue weighted by molar-refractivity contribution is 5.87. The molecule has 0 aliphatic rings. The quantitative estimate of drug-likeness (QED) is 0.565. The van der Waals surface area contributed by atoms with Crippen molar-refractivity contribution < 1.29 is 19.5 Å². The van der Waals surface area contributed by atoms with E-state index in [-0.39, 0.29) is 30.8 Å². The number of carbonyl (C=O) groups is 3. The molecule has 0 aliphatic carbocycles. The van der Waals surface area contributed by atoms with Crippen LogP contribution in [0.15, 0.2) is 0 Å².